The Bertz CT molecular complexity index is 1760. The molecule has 0 spiro atoms. The summed E-state index contributed by atoms with van der Waals surface area (Å²) in [4.78, 5) is 72.6. The van der Waals surface area contributed by atoms with E-state index in [1.165, 1.54) is 173 Å². The molecule has 0 aromatic carbocycles. The first-order chi connectivity index (χ1) is 43.4. The van der Waals surface area contributed by atoms with Crippen molar-refractivity contribution in [2.75, 3.05) is 39.6 Å². The lowest BCUT2D eigenvalue weighted by atomic mass is 9.99. The molecule has 90 heavy (non-hydrogen) atoms. The predicted molar refractivity (Wildman–Crippen MR) is 363 cm³/mol. The molecule has 17 nitrogen and oxygen atoms in total. The number of ether oxygens (including phenoxy) is 4. The number of unbranched alkanes of at least 4 members (excludes halogenated alkanes) is 38. The summed E-state index contributed by atoms with van der Waals surface area (Å²) in [6, 6.07) is 0. The third-order valence-corrected chi connectivity index (χ3v) is 19.1. The van der Waals surface area contributed by atoms with Crippen LogP contribution >= 0.6 is 15.6 Å². The van der Waals surface area contributed by atoms with Gasteiger partial charge < -0.3 is 33.8 Å². The van der Waals surface area contributed by atoms with E-state index in [2.05, 4.69) is 41.5 Å². The Morgan fingerprint density at radius 2 is 0.533 bits per heavy atom. The molecule has 0 rings (SSSR count). The molecule has 0 aliphatic carbocycles. The van der Waals surface area contributed by atoms with Gasteiger partial charge in [-0.05, 0) is 37.5 Å². The monoisotopic (exact) mass is 1320 g/mol. The lowest BCUT2D eigenvalue weighted by Gasteiger charge is -2.21. The summed E-state index contributed by atoms with van der Waals surface area (Å²) in [5.74, 6) is -0.588. The van der Waals surface area contributed by atoms with Crippen LogP contribution in [0.2, 0.25) is 0 Å². The summed E-state index contributed by atoms with van der Waals surface area (Å²) >= 11 is 0. The standard InChI is InChI=1S/C71H138O17P2/c1-7-11-13-15-17-19-21-23-24-26-30-34-41-47-53-68(73)81-59-66(87-71(76)56-50-44-36-32-28-27-29-33-39-45-51-63(5)9-3)61-85-89(77,78)83-57-65(72)58-84-90(79,80)86-62-67(60-82-69(74)54-48-42-38-37-40-46-52-64(6)10-4)88-70(75)55-49-43-35-31-25-22-20-18-16-14-12-8-2/h63-67,72H,7-62H2,1-6H3,(H,77,78)(H,79,80)/t63?,64?,65-,66-,67-/m1/s1. The zero-order chi connectivity index (χ0) is 66.5. The van der Waals surface area contributed by atoms with Gasteiger partial charge in [-0.1, -0.05) is 311 Å². The highest BCUT2D eigenvalue weighted by molar-refractivity contribution is 7.47. The molecule has 3 N–H and O–H groups in total. The van der Waals surface area contributed by atoms with Crippen molar-refractivity contribution in [3.63, 3.8) is 0 Å². The first-order valence-corrected chi connectivity index (χ1v) is 40.1. The van der Waals surface area contributed by atoms with Crippen LogP contribution in [0.25, 0.3) is 0 Å². The summed E-state index contributed by atoms with van der Waals surface area (Å²) < 4.78 is 68.3. The Kier molecular flexibility index (Phi) is 61.8. The van der Waals surface area contributed by atoms with Crippen molar-refractivity contribution in [1.82, 2.24) is 0 Å². The zero-order valence-corrected chi connectivity index (χ0v) is 60.2. The summed E-state index contributed by atoms with van der Waals surface area (Å²) in [6.45, 7) is 9.55. The maximum atomic E-state index is 13.0. The second-order valence-electron chi connectivity index (χ2n) is 26.1. The first kappa shape index (κ1) is 88.1. The molecule has 0 bridgehead atoms. The second-order valence-corrected chi connectivity index (χ2v) is 29.0. The Balaban J connectivity index is 5.26. The molecule has 0 aromatic heterocycles. The van der Waals surface area contributed by atoms with E-state index in [1.54, 1.807) is 0 Å². The van der Waals surface area contributed by atoms with E-state index in [0.29, 0.717) is 25.7 Å². The number of carbonyl (C=O) groups is 4. The first-order valence-electron chi connectivity index (χ1n) is 37.1. The average Bonchev–Trinajstić information content (AvgIpc) is 2.85. The third-order valence-electron chi connectivity index (χ3n) is 17.2. The summed E-state index contributed by atoms with van der Waals surface area (Å²) in [6.07, 6.45) is 48.4. The van der Waals surface area contributed by atoms with E-state index in [4.69, 9.17) is 37.0 Å². The maximum Gasteiger partial charge on any atom is 0.472 e. The highest BCUT2D eigenvalue weighted by Gasteiger charge is 2.30. The van der Waals surface area contributed by atoms with Gasteiger partial charge in [0.05, 0.1) is 26.4 Å². The van der Waals surface area contributed by atoms with Crippen molar-refractivity contribution >= 4 is 39.5 Å². The Morgan fingerprint density at radius 3 is 0.789 bits per heavy atom. The van der Waals surface area contributed by atoms with Gasteiger partial charge in [0.15, 0.2) is 12.2 Å². The van der Waals surface area contributed by atoms with Crippen LogP contribution in [0.1, 0.15) is 363 Å². The lowest BCUT2D eigenvalue weighted by Crippen LogP contribution is -2.30. The number of aliphatic hydroxyl groups is 1. The van der Waals surface area contributed by atoms with Gasteiger partial charge in [0, 0.05) is 25.7 Å². The van der Waals surface area contributed by atoms with Crippen molar-refractivity contribution in [1.29, 1.82) is 0 Å². The van der Waals surface area contributed by atoms with Gasteiger partial charge in [0.1, 0.15) is 19.3 Å². The summed E-state index contributed by atoms with van der Waals surface area (Å²) in [5.41, 5.74) is 0. The van der Waals surface area contributed by atoms with Crippen molar-refractivity contribution < 1.29 is 80.2 Å². The number of esters is 4. The van der Waals surface area contributed by atoms with E-state index in [1.807, 2.05) is 0 Å². The van der Waals surface area contributed by atoms with Gasteiger partial charge in [0.2, 0.25) is 0 Å². The van der Waals surface area contributed by atoms with Gasteiger partial charge >= 0.3 is 39.5 Å². The molecular formula is C71H138O17P2. The number of rotatable bonds is 70. The number of hydrogen-bond donors (Lipinski definition) is 3. The van der Waals surface area contributed by atoms with Crippen LogP contribution < -0.4 is 0 Å². The van der Waals surface area contributed by atoms with Crippen LogP contribution in [-0.4, -0.2) is 96.7 Å². The van der Waals surface area contributed by atoms with Gasteiger partial charge in [-0.25, -0.2) is 9.13 Å². The smallest absolute Gasteiger partial charge is 0.462 e. The fraction of sp³-hybridized carbons (Fsp3) is 0.944. The van der Waals surface area contributed by atoms with Crippen LogP contribution in [0.4, 0.5) is 0 Å². The number of hydrogen-bond acceptors (Lipinski definition) is 15. The molecular weight excluding hydrogens is 1190 g/mol. The normalized spacial score (nSPS) is 14.7. The lowest BCUT2D eigenvalue weighted by molar-refractivity contribution is -0.161. The maximum absolute atomic E-state index is 13.0. The van der Waals surface area contributed by atoms with Crippen LogP contribution in [0.3, 0.4) is 0 Å². The molecule has 0 fully saturated rings. The largest absolute Gasteiger partial charge is 0.472 e. The van der Waals surface area contributed by atoms with Crippen molar-refractivity contribution in [3.8, 4) is 0 Å². The van der Waals surface area contributed by atoms with Gasteiger partial charge in [-0.2, -0.15) is 0 Å². The summed E-state index contributed by atoms with van der Waals surface area (Å²) in [7, 11) is -9.90. The molecule has 4 unspecified atom stereocenters. The number of aliphatic hydroxyl groups excluding tert-OH is 1. The quantitative estimate of drug-likeness (QED) is 0.0222. The van der Waals surface area contributed by atoms with Crippen LogP contribution in [0.5, 0.6) is 0 Å². The van der Waals surface area contributed by atoms with Crippen LogP contribution in [0.15, 0.2) is 0 Å². The fourth-order valence-corrected chi connectivity index (χ4v) is 12.3. The van der Waals surface area contributed by atoms with Gasteiger partial charge in [0.25, 0.3) is 0 Å². The molecule has 534 valence electrons. The highest BCUT2D eigenvalue weighted by atomic mass is 31.2. The van der Waals surface area contributed by atoms with Gasteiger partial charge in [-0.3, -0.25) is 37.3 Å². The highest BCUT2D eigenvalue weighted by Crippen LogP contribution is 2.45. The van der Waals surface area contributed by atoms with Crippen LogP contribution in [0, 0.1) is 11.8 Å². The average molecular weight is 1330 g/mol. The third kappa shape index (κ3) is 62.2. The number of phosphoric ester groups is 2. The minimum Gasteiger partial charge on any atom is -0.462 e. The van der Waals surface area contributed by atoms with Crippen LogP contribution in [-0.2, 0) is 65.4 Å². The van der Waals surface area contributed by atoms with Gasteiger partial charge in [-0.15, -0.1) is 0 Å². The Labute approximate surface area is 549 Å². The molecule has 0 aromatic rings. The van der Waals surface area contributed by atoms with E-state index >= 15 is 0 Å². The van der Waals surface area contributed by atoms with E-state index < -0.39 is 97.5 Å². The van der Waals surface area contributed by atoms with Crippen molar-refractivity contribution in [2.45, 2.75) is 381 Å². The fourth-order valence-electron chi connectivity index (χ4n) is 10.7. The predicted octanol–water partition coefficient (Wildman–Crippen LogP) is 20.4. The van der Waals surface area contributed by atoms with E-state index in [0.717, 1.165) is 108 Å². The zero-order valence-electron chi connectivity index (χ0n) is 58.4. The molecule has 0 amide bonds. The second kappa shape index (κ2) is 63.1. The Morgan fingerprint density at radius 1 is 0.311 bits per heavy atom. The number of phosphoric acid groups is 2. The van der Waals surface area contributed by atoms with E-state index in [-0.39, 0.29) is 25.7 Å². The molecule has 7 atom stereocenters. The minimum absolute atomic E-state index is 0.106. The number of carbonyl (C=O) groups excluding carboxylic acids is 4. The minimum atomic E-state index is -4.95. The molecule has 19 heteroatoms. The molecule has 0 aliphatic rings. The molecule has 0 saturated carbocycles. The molecule has 0 saturated heterocycles. The van der Waals surface area contributed by atoms with Crippen molar-refractivity contribution in [2.24, 2.45) is 11.8 Å². The van der Waals surface area contributed by atoms with Crippen molar-refractivity contribution in [3.05, 3.63) is 0 Å². The Hall–Kier alpha value is -1.94. The SMILES string of the molecule is CCCCCCCCCCCCCCCCC(=O)OC[C@H](COP(=O)(O)OC[C@@H](O)COP(=O)(O)OC[C@@H](COC(=O)CCCCCCCCC(C)CC)OC(=O)CCCCCCCCCCCCCC)OC(=O)CCCCCCCCCCCCC(C)CC. The summed E-state index contributed by atoms with van der Waals surface area (Å²) in [5, 5.41) is 10.6. The molecule has 0 radical (unpaired) electrons. The molecule has 0 heterocycles. The van der Waals surface area contributed by atoms with E-state index in [9.17, 15) is 43.2 Å². The molecule has 0 aliphatic heterocycles. The topological polar surface area (TPSA) is 237 Å².